The van der Waals surface area contributed by atoms with Gasteiger partial charge in [-0.05, 0) is 42.5 Å². The molecule has 0 fully saturated rings. The first-order valence-corrected chi connectivity index (χ1v) is 8.11. The second-order valence-electron chi connectivity index (χ2n) is 4.41. The number of halogens is 2. The summed E-state index contributed by atoms with van der Waals surface area (Å²) in [6, 6.07) is 11.6. The van der Waals surface area contributed by atoms with E-state index in [1.807, 2.05) is 13.8 Å². The van der Waals surface area contributed by atoms with Crippen LogP contribution in [0.25, 0.3) is 5.76 Å². The van der Waals surface area contributed by atoms with Crippen molar-refractivity contribution in [2.75, 3.05) is 17.7 Å². The number of anilines is 2. The van der Waals surface area contributed by atoms with E-state index in [4.69, 9.17) is 27.9 Å². The minimum atomic E-state index is -0.378. The molecule has 0 aliphatic carbocycles. The fourth-order valence-electron chi connectivity index (χ4n) is 1.72. The van der Waals surface area contributed by atoms with Crippen molar-refractivity contribution in [2.45, 2.75) is 13.8 Å². The number of urea groups is 1. The Morgan fingerprint density at radius 3 is 2.04 bits per heavy atom. The molecule has 4 nitrogen and oxygen atoms in total. The lowest BCUT2D eigenvalue weighted by molar-refractivity contribution is 0.262. The summed E-state index contributed by atoms with van der Waals surface area (Å²) in [5.41, 5.74) is 2.04. The maximum atomic E-state index is 11.9. The van der Waals surface area contributed by atoms with Gasteiger partial charge in [-0.25, -0.2) is 4.79 Å². The third kappa shape index (κ3) is 5.80. The highest BCUT2D eigenvalue weighted by molar-refractivity contribution is 6.42. The van der Waals surface area contributed by atoms with Gasteiger partial charge in [-0.15, -0.1) is 0 Å². The van der Waals surface area contributed by atoms with Crippen LogP contribution >= 0.6 is 23.2 Å². The third-order valence-corrected chi connectivity index (χ3v) is 3.63. The smallest absolute Gasteiger partial charge is 0.323 e. The zero-order valence-electron chi connectivity index (χ0n) is 13.8. The lowest BCUT2D eigenvalue weighted by Crippen LogP contribution is -2.19. The molecule has 2 aromatic rings. The molecule has 0 aliphatic heterocycles. The molecular weight excluding hydrogens is 347 g/mol. The molecule has 6 heteroatoms. The molecule has 24 heavy (non-hydrogen) atoms. The minimum absolute atomic E-state index is 0.377. The monoisotopic (exact) mass is 366 g/mol. The van der Waals surface area contributed by atoms with Crippen LogP contribution in [0.4, 0.5) is 16.2 Å². The maximum Gasteiger partial charge on any atom is 0.323 e. The molecule has 0 unspecified atom stereocenters. The van der Waals surface area contributed by atoms with Crippen molar-refractivity contribution in [3.8, 4) is 0 Å². The summed E-state index contributed by atoms with van der Waals surface area (Å²) in [6.45, 7) is 7.76. The highest BCUT2D eigenvalue weighted by Crippen LogP contribution is 2.25. The standard InChI is InChI=1S/C16H14Cl2N2O2.C2H6/c1-10(22-2)11-3-5-12(6-4-11)19-16(21)20-13-7-8-14(17)15(18)9-13;1-2/h3-9H,1H2,2H3,(H2,19,20,21);1-2H3. The van der Waals surface area contributed by atoms with Crippen LogP contribution < -0.4 is 10.6 Å². The number of hydrogen-bond acceptors (Lipinski definition) is 2. The number of benzene rings is 2. The molecule has 0 saturated heterocycles. The SMILES string of the molecule is C=C(OC)c1ccc(NC(=O)Nc2ccc(Cl)c(Cl)c2)cc1.CC. The van der Waals surface area contributed by atoms with Gasteiger partial charge in [0, 0.05) is 16.9 Å². The van der Waals surface area contributed by atoms with Gasteiger partial charge in [-0.1, -0.05) is 43.6 Å². The zero-order valence-corrected chi connectivity index (χ0v) is 15.3. The summed E-state index contributed by atoms with van der Waals surface area (Å²) >= 11 is 11.7. The first-order valence-electron chi connectivity index (χ1n) is 7.36. The zero-order chi connectivity index (χ0) is 18.1. The molecule has 2 rings (SSSR count). The molecule has 0 aliphatic rings. The van der Waals surface area contributed by atoms with Gasteiger partial charge in [0.2, 0.25) is 0 Å². The van der Waals surface area contributed by atoms with Crippen LogP contribution in [-0.4, -0.2) is 13.1 Å². The molecule has 2 aromatic carbocycles. The molecule has 0 radical (unpaired) electrons. The molecule has 0 atom stereocenters. The quantitative estimate of drug-likeness (QED) is 0.625. The van der Waals surface area contributed by atoms with E-state index in [0.717, 1.165) is 5.56 Å². The number of ether oxygens (including phenoxy) is 1. The van der Waals surface area contributed by atoms with Crippen LogP contribution in [0.1, 0.15) is 19.4 Å². The summed E-state index contributed by atoms with van der Waals surface area (Å²) in [4.78, 5) is 11.9. The van der Waals surface area contributed by atoms with Crippen molar-refractivity contribution in [3.05, 3.63) is 64.7 Å². The number of hydrogen-bond donors (Lipinski definition) is 2. The van der Waals surface area contributed by atoms with Crippen LogP contribution in [0.5, 0.6) is 0 Å². The number of carbonyl (C=O) groups excluding carboxylic acids is 1. The van der Waals surface area contributed by atoms with Crippen molar-refractivity contribution >= 4 is 46.4 Å². The van der Waals surface area contributed by atoms with Crippen LogP contribution in [0, 0.1) is 0 Å². The summed E-state index contributed by atoms with van der Waals surface area (Å²) in [6.07, 6.45) is 0. The van der Waals surface area contributed by atoms with Gasteiger partial charge in [0.1, 0.15) is 5.76 Å². The Morgan fingerprint density at radius 1 is 0.958 bits per heavy atom. The topological polar surface area (TPSA) is 50.4 Å². The molecule has 0 spiro atoms. The van der Waals surface area contributed by atoms with Gasteiger partial charge >= 0.3 is 6.03 Å². The number of carbonyl (C=O) groups is 1. The molecule has 0 aromatic heterocycles. The molecule has 2 N–H and O–H groups in total. The first-order chi connectivity index (χ1) is 11.5. The fraction of sp³-hybridized carbons (Fsp3) is 0.167. The summed E-state index contributed by atoms with van der Waals surface area (Å²) in [5.74, 6) is 0.562. The average Bonchev–Trinajstić information content (AvgIpc) is 2.60. The second kappa shape index (κ2) is 9.85. The Morgan fingerprint density at radius 2 is 1.50 bits per heavy atom. The Balaban J connectivity index is 0.00000139. The van der Waals surface area contributed by atoms with Crippen molar-refractivity contribution in [1.29, 1.82) is 0 Å². The van der Waals surface area contributed by atoms with E-state index in [9.17, 15) is 4.79 Å². The van der Waals surface area contributed by atoms with Gasteiger partial charge in [-0.3, -0.25) is 0 Å². The Bertz CT molecular complexity index is 701. The summed E-state index contributed by atoms with van der Waals surface area (Å²) < 4.78 is 5.04. The van der Waals surface area contributed by atoms with Crippen LogP contribution in [0.3, 0.4) is 0 Å². The van der Waals surface area contributed by atoms with E-state index in [1.165, 1.54) is 0 Å². The van der Waals surface area contributed by atoms with Crippen LogP contribution in [-0.2, 0) is 4.74 Å². The summed E-state index contributed by atoms with van der Waals surface area (Å²) in [5, 5.41) is 6.19. The van der Waals surface area contributed by atoms with Gasteiger partial charge in [-0.2, -0.15) is 0 Å². The Hall–Kier alpha value is -2.17. The van der Waals surface area contributed by atoms with E-state index in [2.05, 4.69) is 17.2 Å². The van der Waals surface area contributed by atoms with Gasteiger partial charge in [0.25, 0.3) is 0 Å². The average molecular weight is 367 g/mol. The van der Waals surface area contributed by atoms with Gasteiger partial charge in [0.15, 0.2) is 0 Å². The molecule has 0 bridgehead atoms. The number of amides is 2. The van der Waals surface area contributed by atoms with Crippen LogP contribution in [0.15, 0.2) is 49.0 Å². The van der Waals surface area contributed by atoms with Crippen molar-refractivity contribution in [3.63, 3.8) is 0 Å². The second-order valence-corrected chi connectivity index (χ2v) is 5.23. The van der Waals surface area contributed by atoms with E-state index in [0.29, 0.717) is 27.2 Å². The lowest BCUT2D eigenvalue weighted by Gasteiger charge is -2.09. The van der Waals surface area contributed by atoms with Crippen LogP contribution in [0.2, 0.25) is 10.0 Å². The number of rotatable bonds is 4. The first kappa shape index (κ1) is 19.9. The molecule has 0 heterocycles. The molecule has 2 amide bonds. The Labute approximate surface area is 152 Å². The van der Waals surface area contributed by atoms with Gasteiger partial charge in [0.05, 0.1) is 17.2 Å². The molecule has 0 saturated carbocycles. The third-order valence-electron chi connectivity index (χ3n) is 2.89. The number of methoxy groups -OCH3 is 1. The van der Waals surface area contributed by atoms with E-state index in [1.54, 1.807) is 49.6 Å². The minimum Gasteiger partial charge on any atom is -0.497 e. The largest absolute Gasteiger partial charge is 0.497 e. The Kier molecular flexibility index (Phi) is 8.16. The van der Waals surface area contributed by atoms with E-state index < -0.39 is 0 Å². The predicted octanol–water partition coefficient (Wildman–Crippen LogP) is 6.28. The van der Waals surface area contributed by atoms with Crippen molar-refractivity contribution in [2.24, 2.45) is 0 Å². The highest BCUT2D eigenvalue weighted by Gasteiger charge is 2.05. The summed E-state index contributed by atoms with van der Waals surface area (Å²) in [7, 11) is 1.55. The van der Waals surface area contributed by atoms with Gasteiger partial charge < -0.3 is 15.4 Å². The van der Waals surface area contributed by atoms with E-state index in [-0.39, 0.29) is 6.03 Å². The normalized spacial score (nSPS) is 9.38. The fourth-order valence-corrected chi connectivity index (χ4v) is 2.02. The lowest BCUT2D eigenvalue weighted by atomic mass is 10.2. The molecular formula is C18H20Cl2N2O2. The molecule has 128 valence electrons. The highest BCUT2D eigenvalue weighted by atomic mass is 35.5. The van der Waals surface area contributed by atoms with Crippen molar-refractivity contribution in [1.82, 2.24) is 0 Å². The van der Waals surface area contributed by atoms with Crippen molar-refractivity contribution < 1.29 is 9.53 Å². The maximum absolute atomic E-state index is 11.9. The van der Waals surface area contributed by atoms with E-state index >= 15 is 0 Å². The number of nitrogens with one attached hydrogen (secondary N) is 2. The predicted molar refractivity (Wildman–Crippen MR) is 103 cm³/mol.